The highest BCUT2D eigenvalue weighted by Gasteiger charge is 2.26. The highest BCUT2D eigenvalue weighted by Crippen LogP contribution is 2.22. The zero-order valence-corrected chi connectivity index (χ0v) is 15.5. The Bertz CT molecular complexity index is 608. The standard InChI is InChI=1S/C19H25ClN2O4/c20-16-3-1-14(2-4-16)19(24)15-5-7-22(8-6-15)12-18(23)21-11-17-13-25-9-10-26-17/h1-4,15,17H,5-13H2,(H,21,23). The van der Waals surface area contributed by atoms with Gasteiger partial charge in [-0.1, -0.05) is 11.6 Å². The molecular formula is C19H25ClN2O4. The molecule has 3 rings (SSSR count). The second kappa shape index (κ2) is 9.46. The third-order valence-electron chi connectivity index (χ3n) is 4.87. The van der Waals surface area contributed by atoms with E-state index in [1.165, 1.54) is 0 Å². The predicted octanol–water partition coefficient (Wildman–Crippen LogP) is 1.77. The molecule has 0 aliphatic carbocycles. The minimum Gasteiger partial charge on any atom is -0.376 e. The number of hydrogen-bond donors (Lipinski definition) is 1. The van der Waals surface area contributed by atoms with Crippen LogP contribution in [-0.2, 0) is 14.3 Å². The van der Waals surface area contributed by atoms with Crippen LogP contribution in [0.5, 0.6) is 0 Å². The maximum Gasteiger partial charge on any atom is 0.234 e. The lowest BCUT2D eigenvalue weighted by atomic mass is 9.89. The Labute approximate surface area is 158 Å². The molecule has 2 saturated heterocycles. The molecule has 7 heteroatoms. The molecule has 1 amide bonds. The minimum atomic E-state index is -0.0598. The fourth-order valence-corrected chi connectivity index (χ4v) is 3.47. The zero-order valence-electron chi connectivity index (χ0n) is 14.8. The number of carbonyl (C=O) groups excluding carboxylic acids is 2. The third kappa shape index (κ3) is 5.51. The molecule has 142 valence electrons. The van der Waals surface area contributed by atoms with Crippen molar-refractivity contribution < 1.29 is 19.1 Å². The van der Waals surface area contributed by atoms with Gasteiger partial charge in [0.25, 0.3) is 0 Å². The summed E-state index contributed by atoms with van der Waals surface area (Å²) in [4.78, 5) is 26.7. The van der Waals surface area contributed by atoms with Gasteiger partial charge in [-0.05, 0) is 50.2 Å². The summed E-state index contributed by atoms with van der Waals surface area (Å²) >= 11 is 5.87. The van der Waals surface area contributed by atoms with Crippen LogP contribution in [-0.4, -0.2) is 68.7 Å². The molecule has 1 N–H and O–H groups in total. The Morgan fingerprint density at radius 3 is 2.54 bits per heavy atom. The zero-order chi connectivity index (χ0) is 18.4. The maximum absolute atomic E-state index is 12.6. The molecule has 2 heterocycles. The number of benzene rings is 1. The van der Waals surface area contributed by atoms with Gasteiger partial charge >= 0.3 is 0 Å². The van der Waals surface area contributed by atoms with Gasteiger partial charge < -0.3 is 14.8 Å². The molecular weight excluding hydrogens is 356 g/mol. The summed E-state index contributed by atoms with van der Waals surface area (Å²) in [6, 6.07) is 7.05. The largest absolute Gasteiger partial charge is 0.376 e. The third-order valence-corrected chi connectivity index (χ3v) is 5.12. The van der Waals surface area contributed by atoms with Crippen molar-refractivity contribution in [3.05, 3.63) is 34.9 Å². The van der Waals surface area contributed by atoms with Crippen molar-refractivity contribution in [3.8, 4) is 0 Å². The topological polar surface area (TPSA) is 67.9 Å². The van der Waals surface area contributed by atoms with Crippen molar-refractivity contribution in [1.82, 2.24) is 10.2 Å². The molecule has 0 radical (unpaired) electrons. The molecule has 2 aliphatic rings. The summed E-state index contributed by atoms with van der Waals surface area (Å²) in [6.45, 7) is 4.06. The van der Waals surface area contributed by atoms with E-state index >= 15 is 0 Å². The molecule has 0 bridgehead atoms. The number of amides is 1. The molecule has 0 spiro atoms. The number of rotatable bonds is 6. The van der Waals surface area contributed by atoms with Gasteiger partial charge in [-0.15, -0.1) is 0 Å². The van der Waals surface area contributed by atoms with Crippen LogP contribution in [0, 0.1) is 5.92 Å². The number of carbonyl (C=O) groups is 2. The van der Waals surface area contributed by atoms with Crippen LogP contribution in [0.4, 0.5) is 0 Å². The molecule has 26 heavy (non-hydrogen) atoms. The van der Waals surface area contributed by atoms with E-state index < -0.39 is 0 Å². The normalized spacial score (nSPS) is 22.1. The Kier molecular flexibility index (Phi) is 7.02. The molecule has 0 saturated carbocycles. The second-order valence-corrected chi connectivity index (χ2v) is 7.23. The fraction of sp³-hybridized carbons (Fsp3) is 0.579. The van der Waals surface area contributed by atoms with E-state index in [0.29, 0.717) is 43.5 Å². The molecule has 2 aliphatic heterocycles. The van der Waals surface area contributed by atoms with E-state index in [9.17, 15) is 9.59 Å². The van der Waals surface area contributed by atoms with Gasteiger partial charge in [0.2, 0.25) is 5.91 Å². The van der Waals surface area contributed by atoms with E-state index in [1.54, 1.807) is 24.3 Å². The first-order chi connectivity index (χ1) is 12.6. The highest BCUT2D eigenvalue weighted by atomic mass is 35.5. The van der Waals surface area contributed by atoms with Crippen LogP contribution in [0.15, 0.2) is 24.3 Å². The van der Waals surface area contributed by atoms with E-state index in [1.807, 2.05) is 0 Å². The van der Waals surface area contributed by atoms with E-state index in [0.717, 1.165) is 25.9 Å². The summed E-state index contributed by atoms with van der Waals surface area (Å²) in [6.07, 6.45) is 1.48. The SMILES string of the molecule is O=C(CN1CCC(C(=O)c2ccc(Cl)cc2)CC1)NCC1COCCO1. The van der Waals surface area contributed by atoms with Crippen molar-refractivity contribution in [2.24, 2.45) is 5.92 Å². The van der Waals surface area contributed by atoms with Crippen molar-refractivity contribution in [1.29, 1.82) is 0 Å². The Morgan fingerprint density at radius 2 is 1.88 bits per heavy atom. The van der Waals surface area contributed by atoms with Crippen molar-refractivity contribution in [3.63, 3.8) is 0 Å². The Hall–Kier alpha value is -1.47. The molecule has 2 fully saturated rings. The number of ether oxygens (including phenoxy) is 2. The summed E-state index contributed by atoms with van der Waals surface area (Å²) in [5.74, 6) is 0.171. The van der Waals surface area contributed by atoms with Crippen molar-refractivity contribution >= 4 is 23.3 Å². The van der Waals surface area contributed by atoms with E-state index in [2.05, 4.69) is 10.2 Å². The first kappa shape index (κ1) is 19.3. The predicted molar refractivity (Wildman–Crippen MR) is 98.5 cm³/mol. The van der Waals surface area contributed by atoms with Crippen LogP contribution in [0.1, 0.15) is 23.2 Å². The number of halogens is 1. The lowest BCUT2D eigenvalue weighted by Crippen LogP contribution is -2.45. The van der Waals surface area contributed by atoms with Crippen LogP contribution in [0.2, 0.25) is 5.02 Å². The van der Waals surface area contributed by atoms with E-state index in [-0.39, 0.29) is 23.7 Å². The second-order valence-electron chi connectivity index (χ2n) is 6.79. The van der Waals surface area contributed by atoms with Gasteiger partial charge in [-0.2, -0.15) is 0 Å². The summed E-state index contributed by atoms with van der Waals surface area (Å²) in [7, 11) is 0. The first-order valence-corrected chi connectivity index (χ1v) is 9.48. The quantitative estimate of drug-likeness (QED) is 0.762. The van der Waals surface area contributed by atoms with Gasteiger partial charge in [0.15, 0.2) is 5.78 Å². The summed E-state index contributed by atoms with van der Waals surface area (Å²) in [5.41, 5.74) is 0.709. The van der Waals surface area contributed by atoms with Gasteiger partial charge in [0, 0.05) is 23.0 Å². The van der Waals surface area contributed by atoms with Crippen molar-refractivity contribution in [2.45, 2.75) is 18.9 Å². The number of piperidine rings is 1. The molecule has 1 unspecified atom stereocenters. The first-order valence-electron chi connectivity index (χ1n) is 9.10. The number of nitrogens with one attached hydrogen (secondary N) is 1. The van der Waals surface area contributed by atoms with Gasteiger partial charge in [0.1, 0.15) is 0 Å². The molecule has 1 aromatic carbocycles. The molecule has 1 atom stereocenters. The van der Waals surface area contributed by atoms with Crippen molar-refractivity contribution in [2.75, 3.05) is 46.0 Å². The lowest BCUT2D eigenvalue weighted by Gasteiger charge is -2.31. The number of Topliss-reactive ketones (excluding diaryl/α,β-unsaturated/α-hetero) is 1. The van der Waals surface area contributed by atoms with Gasteiger partial charge in [-0.3, -0.25) is 14.5 Å². The summed E-state index contributed by atoms with van der Waals surface area (Å²) in [5, 5.41) is 3.53. The fourth-order valence-electron chi connectivity index (χ4n) is 3.34. The van der Waals surface area contributed by atoms with Crippen LogP contribution >= 0.6 is 11.6 Å². The molecule has 1 aromatic rings. The number of likely N-dealkylation sites (tertiary alicyclic amines) is 1. The van der Waals surface area contributed by atoms with Crippen LogP contribution < -0.4 is 5.32 Å². The smallest absolute Gasteiger partial charge is 0.234 e. The average molecular weight is 381 g/mol. The molecule has 6 nitrogen and oxygen atoms in total. The van der Waals surface area contributed by atoms with E-state index in [4.69, 9.17) is 21.1 Å². The summed E-state index contributed by atoms with van der Waals surface area (Å²) < 4.78 is 10.8. The number of hydrogen-bond acceptors (Lipinski definition) is 5. The maximum atomic E-state index is 12.6. The van der Waals surface area contributed by atoms with Crippen LogP contribution in [0.3, 0.4) is 0 Å². The highest BCUT2D eigenvalue weighted by molar-refractivity contribution is 6.30. The minimum absolute atomic E-state index is 0.0124. The van der Waals surface area contributed by atoms with Gasteiger partial charge in [-0.25, -0.2) is 0 Å². The van der Waals surface area contributed by atoms with Crippen LogP contribution in [0.25, 0.3) is 0 Å². The average Bonchev–Trinajstić information content (AvgIpc) is 2.68. The monoisotopic (exact) mass is 380 g/mol. The number of ketones is 1. The Balaban J connectivity index is 1.38. The van der Waals surface area contributed by atoms with Gasteiger partial charge in [0.05, 0.1) is 32.5 Å². The number of nitrogens with zero attached hydrogens (tertiary/aromatic N) is 1. The molecule has 0 aromatic heterocycles. The lowest BCUT2D eigenvalue weighted by molar-refractivity contribution is -0.125. The Morgan fingerprint density at radius 1 is 1.15 bits per heavy atom.